The first kappa shape index (κ1) is 18.4. The minimum atomic E-state index is -0.265. The van der Waals surface area contributed by atoms with Gasteiger partial charge in [0.05, 0.1) is 18.3 Å². The molecular formula is C22H17BrFN3O. The van der Waals surface area contributed by atoms with Crippen LogP contribution in [0.3, 0.4) is 0 Å². The molecule has 0 atom stereocenters. The molecule has 0 fully saturated rings. The van der Waals surface area contributed by atoms with Gasteiger partial charge in [0.25, 0.3) is 5.91 Å². The van der Waals surface area contributed by atoms with Crippen LogP contribution >= 0.6 is 15.9 Å². The summed E-state index contributed by atoms with van der Waals surface area (Å²) in [5, 5.41) is 8.30. The summed E-state index contributed by atoms with van der Waals surface area (Å²) in [7, 11) is 0. The normalized spacial score (nSPS) is 10.9. The molecule has 1 amide bonds. The second kappa shape index (κ2) is 7.94. The fourth-order valence-electron chi connectivity index (χ4n) is 3.03. The van der Waals surface area contributed by atoms with E-state index in [0.29, 0.717) is 18.7 Å². The van der Waals surface area contributed by atoms with Crippen molar-refractivity contribution in [1.29, 1.82) is 0 Å². The van der Waals surface area contributed by atoms with E-state index in [2.05, 4.69) is 26.3 Å². The van der Waals surface area contributed by atoms with E-state index in [0.717, 1.165) is 26.5 Å². The van der Waals surface area contributed by atoms with E-state index < -0.39 is 0 Å². The van der Waals surface area contributed by atoms with Gasteiger partial charge in [-0.3, -0.25) is 9.48 Å². The van der Waals surface area contributed by atoms with Crippen molar-refractivity contribution in [3.63, 3.8) is 0 Å². The molecule has 28 heavy (non-hydrogen) atoms. The molecule has 0 aliphatic rings. The summed E-state index contributed by atoms with van der Waals surface area (Å²) < 4.78 is 15.9. The van der Waals surface area contributed by atoms with Gasteiger partial charge in [-0.1, -0.05) is 46.3 Å². The zero-order chi connectivity index (χ0) is 19.5. The molecule has 1 heterocycles. The van der Waals surface area contributed by atoms with E-state index in [9.17, 15) is 9.18 Å². The average molecular weight is 438 g/mol. The van der Waals surface area contributed by atoms with Crippen LogP contribution in [0.15, 0.2) is 77.4 Å². The van der Waals surface area contributed by atoms with Gasteiger partial charge in [-0.05, 0) is 47.5 Å². The molecule has 1 N–H and O–H groups in total. The van der Waals surface area contributed by atoms with Crippen LogP contribution in [0, 0.1) is 5.82 Å². The number of benzene rings is 3. The van der Waals surface area contributed by atoms with Gasteiger partial charge in [-0.15, -0.1) is 0 Å². The van der Waals surface area contributed by atoms with Crippen LogP contribution in [0.2, 0.25) is 0 Å². The summed E-state index contributed by atoms with van der Waals surface area (Å²) in [5.74, 6) is -0.408. The van der Waals surface area contributed by atoms with Gasteiger partial charge in [-0.2, -0.15) is 5.10 Å². The highest BCUT2D eigenvalue weighted by atomic mass is 79.9. The van der Waals surface area contributed by atoms with Crippen LogP contribution in [0.5, 0.6) is 0 Å². The first-order chi connectivity index (χ1) is 13.6. The maximum absolute atomic E-state index is 13.1. The van der Waals surface area contributed by atoms with E-state index in [1.165, 1.54) is 12.1 Å². The number of rotatable bonds is 5. The zero-order valence-corrected chi connectivity index (χ0v) is 16.5. The topological polar surface area (TPSA) is 46.9 Å². The Balaban J connectivity index is 1.53. The van der Waals surface area contributed by atoms with Gasteiger partial charge in [0.2, 0.25) is 0 Å². The molecule has 4 aromatic rings. The minimum absolute atomic E-state index is 0.142. The van der Waals surface area contributed by atoms with Crippen molar-refractivity contribution >= 4 is 32.7 Å². The molecule has 0 spiro atoms. The third-order valence-corrected chi connectivity index (χ3v) is 4.99. The number of amides is 1. The smallest absolute Gasteiger partial charge is 0.251 e. The second-order valence-corrected chi connectivity index (χ2v) is 7.43. The molecule has 0 unspecified atom stereocenters. The Morgan fingerprint density at radius 2 is 1.86 bits per heavy atom. The average Bonchev–Trinajstić information content (AvgIpc) is 3.10. The number of nitrogens with zero attached hydrogens (tertiary/aromatic N) is 2. The van der Waals surface area contributed by atoms with Crippen LogP contribution in [-0.4, -0.2) is 15.7 Å². The van der Waals surface area contributed by atoms with Gasteiger partial charge in [0.1, 0.15) is 5.82 Å². The quantitative estimate of drug-likeness (QED) is 0.481. The predicted molar refractivity (Wildman–Crippen MR) is 111 cm³/mol. The highest BCUT2D eigenvalue weighted by Crippen LogP contribution is 2.18. The maximum Gasteiger partial charge on any atom is 0.251 e. The molecule has 4 nitrogen and oxygen atoms in total. The van der Waals surface area contributed by atoms with Crippen molar-refractivity contribution in [2.45, 2.75) is 13.1 Å². The summed E-state index contributed by atoms with van der Waals surface area (Å²) in [6.45, 7) is 0.956. The monoisotopic (exact) mass is 437 g/mol. The molecule has 0 aliphatic heterocycles. The van der Waals surface area contributed by atoms with E-state index in [1.54, 1.807) is 24.4 Å². The van der Waals surface area contributed by atoms with Crippen molar-refractivity contribution < 1.29 is 9.18 Å². The molecule has 140 valence electrons. The molecule has 0 bridgehead atoms. The number of aromatic nitrogens is 2. The first-order valence-electron chi connectivity index (χ1n) is 8.81. The third-order valence-electron chi connectivity index (χ3n) is 4.49. The number of carbonyl (C=O) groups excluding carboxylic acids is 1. The standard InChI is InChI=1S/C22H17BrFN3O/c23-19-3-1-2-16(10-19)12-25-22(28)17-6-7-18-13-26-27(21(18)11-17)14-15-4-8-20(24)9-5-15/h1-11,13H,12,14H2,(H,25,28). The van der Waals surface area contributed by atoms with Crippen molar-refractivity contribution in [3.05, 3.63) is 99.9 Å². The molecule has 3 aromatic carbocycles. The van der Waals surface area contributed by atoms with Gasteiger partial charge < -0.3 is 5.32 Å². The lowest BCUT2D eigenvalue weighted by molar-refractivity contribution is 0.0951. The van der Waals surface area contributed by atoms with Crippen molar-refractivity contribution in [3.8, 4) is 0 Å². The third kappa shape index (κ3) is 4.12. The Hall–Kier alpha value is -2.99. The fourth-order valence-corrected chi connectivity index (χ4v) is 3.48. The summed E-state index contributed by atoms with van der Waals surface area (Å²) in [4.78, 5) is 12.6. The molecule has 0 radical (unpaired) electrons. The van der Waals surface area contributed by atoms with Gasteiger partial charge in [0.15, 0.2) is 0 Å². The van der Waals surface area contributed by atoms with Gasteiger partial charge in [-0.25, -0.2) is 4.39 Å². The van der Waals surface area contributed by atoms with Crippen molar-refractivity contribution in [2.24, 2.45) is 0 Å². The Morgan fingerprint density at radius 1 is 1.04 bits per heavy atom. The summed E-state index contributed by atoms with van der Waals surface area (Å²) in [6.07, 6.45) is 1.77. The van der Waals surface area contributed by atoms with E-state index >= 15 is 0 Å². The second-order valence-electron chi connectivity index (χ2n) is 6.51. The lowest BCUT2D eigenvalue weighted by atomic mass is 10.1. The predicted octanol–water partition coefficient (Wildman–Crippen LogP) is 4.92. The Kier molecular flexibility index (Phi) is 5.21. The zero-order valence-electron chi connectivity index (χ0n) is 14.9. The highest BCUT2D eigenvalue weighted by Gasteiger charge is 2.10. The summed E-state index contributed by atoms with van der Waals surface area (Å²) >= 11 is 3.43. The maximum atomic E-state index is 13.1. The number of hydrogen-bond acceptors (Lipinski definition) is 2. The SMILES string of the molecule is O=C(NCc1cccc(Br)c1)c1ccc2cnn(Cc3ccc(F)cc3)c2c1. The van der Waals surface area contributed by atoms with Crippen LogP contribution in [-0.2, 0) is 13.1 Å². The molecule has 0 saturated carbocycles. The van der Waals surface area contributed by atoms with Crippen LogP contribution in [0.4, 0.5) is 4.39 Å². The minimum Gasteiger partial charge on any atom is -0.348 e. The van der Waals surface area contributed by atoms with Crippen molar-refractivity contribution in [1.82, 2.24) is 15.1 Å². The number of fused-ring (bicyclic) bond motifs is 1. The van der Waals surface area contributed by atoms with E-state index in [4.69, 9.17) is 0 Å². The molecule has 0 aliphatic carbocycles. The Bertz CT molecular complexity index is 1140. The number of halogens is 2. The molecular weight excluding hydrogens is 421 g/mol. The Morgan fingerprint density at radius 3 is 2.64 bits per heavy atom. The highest BCUT2D eigenvalue weighted by molar-refractivity contribution is 9.10. The fraction of sp³-hybridized carbons (Fsp3) is 0.0909. The number of hydrogen-bond donors (Lipinski definition) is 1. The van der Waals surface area contributed by atoms with Crippen LogP contribution in [0.25, 0.3) is 10.9 Å². The first-order valence-corrected chi connectivity index (χ1v) is 9.60. The van der Waals surface area contributed by atoms with Crippen LogP contribution < -0.4 is 5.32 Å². The number of carbonyl (C=O) groups is 1. The lowest BCUT2D eigenvalue weighted by Gasteiger charge is -2.08. The lowest BCUT2D eigenvalue weighted by Crippen LogP contribution is -2.22. The van der Waals surface area contributed by atoms with E-state index in [-0.39, 0.29) is 11.7 Å². The molecule has 1 aromatic heterocycles. The van der Waals surface area contributed by atoms with Crippen molar-refractivity contribution in [2.75, 3.05) is 0 Å². The Labute approximate surface area is 170 Å². The molecule has 0 saturated heterocycles. The largest absolute Gasteiger partial charge is 0.348 e. The summed E-state index contributed by atoms with van der Waals surface area (Å²) in [6, 6.07) is 19.7. The van der Waals surface area contributed by atoms with E-state index in [1.807, 2.05) is 41.1 Å². The summed E-state index contributed by atoms with van der Waals surface area (Å²) in [5.41, 5.74) is 3.39. The van der Waals surface area contributed by atoms with Crippen LogP contribution in [0.1, 0.15) is 21.5 Å². The molecule has 4 rings (SSSR count). The van der Waals surface area contributed by atoms with Gasteiger partial charge in [0, 0.05) is 22.0 Å². The van der Waals surface area contributed by atoms with Gasteiger partial charge >= 0.3 is 0 Å². The molecule has 6 heteroatoms. The number of nitrogens with one attached hydrogen (secondary N) is 1.